The van der Waals surface area contributed by atoms with E-state index >= 15 is 0 Å². The topological polar surface area (TPSA) is 32.8 Å². The fourth-order valence-electron chi connectivity index (χ4n) is 2.88. The molecule has 0 spiro atoms. The summed E-state index contributed by atoms with van der Waals surface area (Å²) in [5, 5.41) is 3.95. The molecule has 2 aliphatic rings. The number of hydrogen-bond acceptors (Lipinski definition) is 5. The monoisotopic (exact) mass is 326 g/mol. The van der Waals surface area contributed by atoms with E-state index in [4.69, 9.17) is 4.74 Å². The number of thioether (sulfide) groups is 1. The first kappa shape index (κ1) is 15.3. The standard InChI is InChI=1S/C15H22N2O2S2/c18-15(13-2-9-21-11-13)17-3-1-8-20-12-14(17)10-16-4-6-19-7-5-16/h2,9,11,14H,1,3-8,10,12H2/t14-/m0/s1. The van der Waals surface area contributed by atoms with Gasteiger partial charge in [-0.25, -0.2) is 0 Å². The van der Waals surface area contributed by atoms with Crippen LogP contribution >= 0.6 is 23.1 Å². The van der Waals surface area contributed by atoms with E-state index in [-0.39, 0.29) is 5.91 Å². The second-order valence-electron chi connectivity index (χ2n) is 5.51. The number of carbonyl (C=O) groups excluding carboxylic acids is 1. The first-order valence-electron chi connectivity index (χ1n) is 7.55. The quantitative estimate of drug-likeness (QED) is 0.851. The van der Waals surface area contributed by atoms with Crippen molar-refractivity contribution in [2.75, 3.05) is 50.9 Å². The Kier molecular flexibility index (Phi) is 5.57. The molecule has 2 aliphatic heterocycles. The number of thiophene rings is 1. The number of amides is 1. The van der Waals surface area contributed by atoms with Gasteiger partial charge in [-0.05, 0) is 23.6 Å². The van der Waals surface area contributed by atoms with Crippen LogP contribution in [0.2, 0.25) is 0 Å². The molecule has 6 heteroatoms. The van der Waals surface area contributed by atoms with Gasteiger partial charge in [0.15, 0.2) is 0 Å². The normalized spacial score (nSPS) is 24.8. The molecule has 0 N–H and O–H groups in total. The average Bonchev–Trinajstić information content (AvgIpc) is 2.96. The van der Waals surface area contributed by atoms with Gasteiger partial charge in [0.25, 0.3) is 5.91 Å². The van der Waals surface area contributed by atoms with Crippen LogP contribution in [0.15, 0.2) is 16.8 Å². The first-order valence-corrected chi connectivity index (χ1v) is 9.65. The Balaban J connectivity index is 1.69. The smallest absolute Gasteiger partial charge is 0.255 e. The third-order valence-corrected chi connectivity index (χ3v) is 5.92. The van der Waals surface area contributed by atoms with Crippen LogP contribution in [0.3, 0.4) is 0 Å². The van der Waals surface area contributed by atoms with Crippen LogP contribution in [0.4, 0.5) is 0 Å². The van der Waals surface area contributed by atoms with Crippen molar-refractivity contribution in [1.29, 1.82) is 0 Å². The van der Waals surface area contributed by atoms with E-state index < -0.39 is 0 Å². The summed E-state index contributed by atoms with van der Waals surface area (Å²) >= 11 is 3.58. The van der Waals surface area contributed by atoms with E-state index in [1.165, 1.54) is 0 Å². The van der Waals surface area contributed by atoms with Crippen LogP contribution in [-0.4, -0.2) is 72.6 Å². The SMILES string of the molecule is O=C(c1ccsc1)N1CCCSC[C@@H]1CN1CCOCC1. The highest BCUT2D eigenvalue weighted by Gasteiger charge is 2.28. The third kappa shape index (κ3) is 4.00. The van der Waals surface area contributed by atoms with Crippen molar-refractivity contribution in [2.45, 2.75) is 12.5 Å². The molecule has 0 radical (unpaired) electrons. The molecule has 2 saturated heterocycles. The van der Waals surface area contributed by atoms with Crippen molar-refractivity contribution >= 4 is 29.0 Å². The maximum Gasteiger partial charge on any atom is 0.255 e. The Labute approximate surface area is 134 Å². The fraction of sp³-hybridized carbons (Fsp3) is 0.667. The fourth-order valence-corrected chi connectivity index (χ4v) is 4.57. The molecule has 1 aromatic heterocycles. The Hall–Kier alpha value is -0.560. The van der Waals surface area contributed by atoms with Gasteiger partial charge in [0.05, 0.1) is 24.8 Å². The molecule has 0 bridgehead atoms. The van der Waals surface area contributed by atoms with Crippen LogP contribution in [0, 0.1) is 0 Å². The summed E-state index contributed by atoms with van der Waals surface area (Å²) in [4.78, 5) is 17.3. The molecule has 2 fully saturated rings. The number of rotatable bonds is 3. The summed E-state index contributed by atoms with van der Waals surface area (Å²) in [6, 6.07) is 2.26. The molecular weight excluding hydrogens is 304 g/mol. The van der Waals surface area contributed by atoms with E-state index in [2.05, 4.69) is 9.80 Å². The zero-order valence-corrected chi connectivity index (χ0v) is 13.8. The van der Waals surface area contributed by atoms with Crippen LogP contribution in [0.25, 0.3) is 0 Å². The highest BCUT2D eigenvalue weighted by atomic mass is 32.2. The van der Waals surface area contributed by atoms with E-state index in [1.807, 2.05) is 28.6 Å². The lowest BCUT2D eigenvalue weighted by atomic mass is 10.2. The molecule has 0 aromatic carbocycles. The van der Waals surface area contributed by atoms with Crippen molar-refractivity contribution in [1.82, 2.24) is 9.80 Å². The highest BCUT2D eigenvalue weighted by molar-refractivity contribution is 7.99. The number of hydrogen-bond donors (Lipinski definition) is 0. The summed E-state index contributed by atoms with van der Waals surface area (Å²) in [6.07, 6.45) is 1.10. The molecule has 1 atom stereocenters. The largest absolute Gasteiger partial charge is 0.379 e. The predicted octanol–water partition coefficient (Wildman–Crippen LogP) is 2.03. The zero-order chi connectivity index (χ0) is 14.5. The van der Waals surface area contributed by atoms with Crippen LogP contribution in [-0.2, 0) is 4.74 Å². The highest BCUT2D eigenvalue weighted by Crippen LogP contribution is 2.21. The molecule has 0 aliphatic carbocycles. The van der Waals surface area contributed by atoms with Gasteiger partial charge in [-0.15, -0.1) is 0 Å². The van der Waals surface area contributed by atoms with Gasteiger partial charge in [-0.2, -0.15) is 23.1 Å². The Morgan fingerprint density at radius 1 is 1.33 bits per heavy atom. The second-order valence-corrected chi connectivity index (χ2v) is 7.44. The van der Waals surface area contributed by atoms with Crippen molar-refractivity contribution in [3.8, 4) is 0 Å². The second kappa shape index (κ2) is 7.63. The van der Waals surface area contributed by atoms with Gasteiger partial charge < -0.3 is 9.64 Å². The molecule has 3 heterocycles. The minimum absolute atomic E-state index is 0.206. The van der Waals surface area contributed by atoms with E-state index in [0.29, 0.717) is 6.04 Å². The van der Waals surface area contributed by atoms with Crippen LogP contribution < -0.4 is 0 Å². The van der Waals surface area contributed by atoms with E-state index in [1.54, 1.807) is 11.3 Å². The Morgan fingerprint density at radius 2 is 2.19 bits per heavy atom. The molecule has 116 valence electrons. The molecule has 21 heavy (non-hydrogen) atoms. The average molecular weight is 326 g/mol. The van der Waals surface area contributed by atoms with E-state index in [9.17, 15) is 4.79 Å². The van der Waals surface area contributed by atoms with Crippen molar-refractivity contribution in [3.63, 3.8) is 0 Å². The summed E-state index contributed by atoms with van der Waals surface area (Å²) in [6.45, 7) is 5.48. The summed E-state index contributed by atoms with van der Waals surface area (Å²) in [7, 11) is 0. The van der Waals surface area contributed by atoms with Crippen molar-refractivity contribution < 1.29 is 9.53 Å². The molecular formula is C15H22N2O2S2. The van der Waals surface area contributed by atoms with Gasteiger partial charge in [0, 0.05) is 37.3 Å². The summed E-state index contributed by atoms with van der Waals surface area (Å²) < 4.78 is 5.42. The first-order chi connectivity index (χ1) is 10.3. The van der Waals surface area contributed by atoms with Crippen LogP contribution in [0.5, 0.6) is 0 Å². The third-order valence-electron chi connectivity index (χ3n) is 4.04. The number of morpholine rings is 1. The van der Waals surface area contributed by atoms with Crippen molar-refractivity contribution in [3.05, 3.63) is 22.4 Å². The zero-order valence-electron chi connectivity index (χ0n) is 12.2. The lowest BCUT2D eigenvalue weighted by molar-refractivity contribution is 0.0245. The number of carbonyl (C=O) groups is 1. The molecule has 0 unspecified atom stereocenters. The van der Waals surface area contributed by atoms with Gasteiger partial charge in [-0.1, -0.05) is 0 Å². The Bertz CT molecular complexity index is 447. The van der Waals surface area contributed by atoms with Gasteiger partial charge in [0.2, 0.25) is 0 Å². The van der Waals surface area contributed by atoms with Crippen LogP contribution in [0.1, 0.15) is 16.8 Å². The van der Waals surface area contributed by atoms with Gasteiger partial charge in [0.1, 0.15) is 0 Å². The lowest BCUT2D eigenvalue weighted by Crippen LogP contribution is -2.50. The van der Waals surface area contributed by atoms with Gasteiger partial charge in [-0.3, -0.25) is 9.69 Å². The summed E-state index contributed by atoms with van der Waals surface area (Å²) in [5.41, 5.74) is 0.846. The minimum atomic E-state index is 0.206. The maximum atomic E-state index is 12.7. The lowest BCUT2D eigenvalue weighted by Gasteiger charge is -2.35. The number of nitrogens with zero attached hydrogens (tertiary/aromatic N) is 2. The maximum absolute atomic E-state index is 12.7. The van der Waals surface area contributed by atoms with Crippen molar-refractivity contribution in [2.24, 2.45) is 0 Å². The predicted molar refractivity (Wildman–Crippen MR) is 88.3 cm³/mol. The minimum Gasteiger partial charge on any atom is -0.379 e. The molecule has 1 amide bonds. The molecule has 1 aromatic rings. The van der Waals surface area contributed by atoms with Gasteiger partial charge >= 0.3 is 0 Å². The molecule has 0 saturated carbocycles. The molecule has 4 nitrogen and oxygen atoms in total. The molecule has 3 rings (SSSR count). The Morgan fingerprint density at radius 3 is 2.95 bits per heavy atom. The number of ether oxygens (including phenoxy) is 1. The summed E-state index contributed by atoms with van der Waals surface area (Å²) in [5.74, 6) is 2.41. The van der Waals surface area contributed by atoms with E-state index in [0.717, 1.165) is 62.9 Å².